The summed E-state index contributed by atoms with van der Waals surface area (Å²) < 4.78 is 5.44. The van der Waals surface area contributed by atoms with Gasteiger partial charge in [0.2, 0.25) is 0 Å². The van der Waals surface area contributed by atoms with E-state index in [9.17, 15) is 0 Å². The molecule has 0 amide bonds. The minimum atomic E-state index is 0.550. The van der Waals surface area contributed by atoms with Crippen molar-refractivity contribution >= 4 is 5.96 Å². The van der Waals surface area contributed by atoms with Crippen LogP contribution in [0.4, 0.5) is 0 Å². The van der Waals surface area contributed by atoms with Crippen LogP contribution in [0.1, 0.15) is 30.9 Å². The van der Waals surface area contributed by atoms with E-state index in [-0.39, 0.29) is 0 Å². The van der Waals surface area contributed by atoms with Gasteiger partial charge in [0, 0.05) is 32.2 Å². The van der Waals surface area contributed by atoms with Crippen LogP contribution in [0.25, 0.3) is 0 Å². The van der Waals surface area contributed by atoms with E-state index in [4.69, 9.17) is 10.5 Å². The maximum Gasteiger partial charge on any atom is 0.188 e. The van der Waals surface area contributed by atoms with E-state index >= 15 is 0 Å². The zero-order chi connectivity index (χ0) is 18.2. The molecule has 2 saturated heterocycles. The number of benzene rings is 1. The molecule has 0 aliphatic carbocycles. The molecule has 0 bridgehead atoms. The summed E-state index contributed by atoms with van der Waals surface area (Å²) in [5, 5.41) is 3.32. The summed E-state index contributed by atoms with van der Waals surface area (Å²) in [5.41, 5.74) is 8.70. The molecule has 26 heavy (non-hydrogen) atoms. The predicted octanol–water partition coefficient (Wildman–Crippen LogP) is 1.41. The van der Waals surface area contributed by atoms with Crippen molar-refractivity contribution in [3.05, 3.63) is 35.4 Å². The van der Waals surface area contributed by atoms with Gasteiger partial charge < -0.3 is 15.8 Å². The third-order valence-corrected chi connectivity index (χ3v) is 5.46. The van der Waals surface area contributed by atoms with Crippen LogP contribution in [0, 0.1) is 0 Å². The minimum absolute atomic E-state index is 0.550. The molecule has 3 rings (SSSR count). The van der Waals surface area contributed by atoms with Crippen molar-refractivity contribution in [2.45, 2.75) is 38.9 Å². The number of hydrogen-bond acceptors (Lipinski definition) is 4. The molecule has 0 saturated carbocycles. The van der Waals surface area contributed by atoms with Gasteiger partial charge in [0.25, 0.3) is 0 Å². The predicted molar refractivity (Wildman–Crippen MR) is 106 cm³/mol. The van der Waals surface area contributed by atoms with E-state index in [0.717, 1.165) is 45.9 Å². The van der Waals surface area contributed by atoms with E-state index in [1.54, 1.807) is 0 Å². The Labute approximate surface area is 157 Å². The molecule has 1 unspecified atom stereocenters. The summed E-state index contributed by atoms with van der Waals surface area (Å²) in [7, 11) is 0. The van der Waals surface area contributed by atoms with Gasteiger partial charge in [-0.3, -0.25) is 9.80 Å². The number of likely N-dealkylation sites (N-methyl/N-ethyl adjacent to an activating group) is 1. The average Bonchev–Trinajstić information content (AvgIpc) is 3.14. The highest BCUT2D eigenvalue weighted by molar-refractivity contribution is 5.77. The number of hydrogen-bond donors (Lipinski definition) is 2. The summed E-state index contributed by atoms with van der Waals surface area (Å²) in [6, 6.07) is 9.12. The van der Waals surface area contributed by atoms with Gasteiger partial charge >= 0.3 is 0 Å². The Kier molecular flexibility index (Phi) is 7.29. The Morgan fingerprint density at radius 3 is 2.77 bits per heavy atom. The summed E-state index contributed by atoms with van der Waals surface area (Å²) in [6.07, 6.45) is 2.53. The summed E-state index contributed by atoms with van der Waals surface area (Å²) in [5.74, 6) is 0.550. The molecule has 144 valence electrons. The van der Waals surface area contributed by atoms with Crippen LogP contribution in [-0.4, -0.2) is 67.7 Å². The standard InChI is InChI=1S/C20H33N5O/c1-2-25-9-5-8-19(25)15-23-20(21)22-14-17-6-3-4-7-18(17)16-24-10-12-26-13-11-24/h3-4,6-7,19H,2,5,8-16H2,1H3,(H3,21,22,23). The van der Waals surface area contributed by atoms with Crippen LogP contribution in [0.2, 0.25) is 0 Å². The molecule has 0 spiro atoms. The second kappa shape index (κ2) is 9.90. The molecule has 2 aliphatic rings. The highest BCUT2D eigenvalue weighted by Crippen LogP contribution is 2.16. The Balaban J connectivity index is 1.52. The summed E-state index contributed by atoms with van der Waals surface area (Å²) in [4.78, 5) is 9.53. The van der Waals surface area contributed by atoms with Crippen molar-refractivity contribution in [2.24, 2.45) is 10.7 Å². The van der Waals surface area contributed by atoms with Crippen molar-refractivity contribution in [1.29, 1.82) is 0 Å². The van der Waals surface area contributed by atoms with E-state index in [1.165, 1.54) is 30.5 Å². The first-order valence-corrected chi connectivity index (χ1v) is 9.91. The second-order valence-corrected chi connectivity index (χ2v) is 7.16. The van der Waals surface area contributed by atoms with Gasteiger partial charge in [0.05, 0.1) is 19.8 Å². The number of aliphatic imine (C=N–C) groups is 1. The lowest BCUT2D eigenvalue weighted by atomic mass is 10.1. The van der Waals surface area contributed by atoms with Crippen molar-refractivity contribution < 1.29 is 4.74 Å². The lowest BCUT2D eigenvalue weighted by Crippen LogP contribution is -2.42. The average molecular weight is 360 g/mol. The van der Waals surface area contributed by atoms with Crippen molar-refractivity contribution in [1.82, 2.24) is 15.1 Å². The third kappa shape index (κ3) is 5.43. The van der Waals surface area contributed by atoms with Gasteiger partial charge in [-0.15, -0.1) is 0 Å². The molecule has 0 radical (unpaired) electrons. The normalized spacial score (nSPS) is 22.7. The van der Waals surface area contributed by atoms with E-state index < -0.39 is 0 Å². The molecule has 2 aliphatic heterocycles. The van der Waals surface area contributed by atoms with Crippen molar-refractivity contribution in [2.75, 3.05) is 45.9 Å². The molecule has 0 aromatic heterocycles. The van der Waals surface area contributed by atoms with Gasteiger partial charge in [0.15, 0.2) is 5.96 Å². The highest BCUT2D eigenvalue weighted by atomic mass is 16.5. The largest absolute Gasteiger partial charge is 0.379 e. The first-order valence-electron chi connectivity index (χ1n) is 9.91. The van der Waals surface area contributed by atoms with Crippen LogP contribution in [0.3, 0.4) is 0 Å². The first kappa shape index (κ1) is 19.1. The van der Waals surface area contributed by atoms with Crippen LogP contribution in [0.5, 0.6) is 0 Å². The quantitative estimate of drug-likeness (QED) is 0.569. The molecule has 1 aromatic carbocycles. The fourth-order valence-electron chi connectivity index (χ4n) is 3.86. The Morgan fingerprint density at radius 2 is 2.00 bits per heavy atom. The lowest BCUT2D eigenvalue weighted by molar-refractivity contribution is 0.0341. The maximum absolute atomic E-state index is 6.11. The SMILES string of the molecule is CCN1CCCC1CNC(N)=NCc1ccccc1CN1CCOCC1. The number of rotatable bonds is 7. The summed E-state index contributed by atoms with van der Waals surface area (Å²) in [6.45, 7) is 10.7. The number of likely N-dealkylation sites (tertiary alicyclic amines) is 1. The Bertz CT molecular complexity index is 585. The monoisotopic (exact) mass is 359 g/mol. The molecule has 6 heteroatoms. The molecule has 3 N–H and O–H groups in total. The number of ether oxygens (including phenoxy) is 1. The van der Waals surface area contributed by atoms with E-state index in [1.807, 2.05) is 0 Å². The molecule has 2 fully saturated rings. The Morgan fingerprint density at radius 1 is 1.23 bits per heavy atom. The van der Waals surface area contributed by atoms with Gasteiger partial charge in [-0.05, 0) is 37.1 Å². The zero-order valence-electron chi connectivity index (χ0n) is 16.0. The van der Waals surface area contributed by atoms with Gasteiger partial charge in [-0.2, -0.15) is 0 Å². The van der Waals surface area contributed by atoms with Gasteiger partial charge in [0.1, 0.15) is 0 Å². The molecule has 1 aromatic rings. The van der Waals surface area contributed by atoms with E-state index in [2.05, 4.69) is 51.3 Å². The molecular weight excluding hydrogens is 326 g/mol. The Hall–Kier alpha value is -1.63. The van der Waals surface area contributed by atoms with Crippen LogP contribution in [0.15, 0.2) is 29.3 Å². The molecule has 6 nitrogen and oxygen atoms in total. The van der Waals surface area contributed by atoms with Crippen molar-refractivity contribution in [3.8, 4) is 0 Å². The smallest absolute Gasteiger partial charge is 0.188 e. The maximum atomic E-state index is 6.11. The lowest BCUT2D eigenvalue weighted by Gasteiger charge is -2.27. The van der Waals surface area contributed by atoms with Crippen molar-refractivity contribution in [3.63, 3.8) is 0 Å². The molecule has 2 heterocycles. The van der Waals surface area contributed by atoms with Crippen LogP contribution < -0.4 is 11.1 Å². The number of nitrogens with zero attached hydrogens (tertiary/aromatic N) is 3. The number of nitrogens with one attached hydrogen (secondary N) is 1. The van der Waals surface area contributed by atoms with Gasteiger partial charge in [-0.25, -0.2) is 4.99 Å². The topological polar surface area (TPSA) is 66.1 Å². The number of nitrogens with two attached hydrogens (primary N) is 1. The third-order valence-electron chi connectivity index (χ3n) is 5.46. The fourth-order valence-corrected chi connectivity index (χ4v) is 3.86. The van der Waals surface area contributed by atoms with Crippen LogP contribution in [-0.2, 0) is 17.8 Å². The zero-order valence-corrected chi connectivity index (χ0v) is 16.0. The molecule has 1 atom stereocenters. The van der Waals surface area contributed by atoms with Crippen LogP contribution >= 0.6 is 0 Å². The second-order valence-electron chi connectivity index (χ2n) is 7.16. The van der Waals surface area contributed by atoms with Gasteiger partial charge in [-0.1, -0.05) is 31.2 Å². The minimum Gasteiger partial charge on any atom is -0.379 e. The van der Waals surface area contributed by atoms with E-state index in [0.29, 0.717) is 18.5 Å². The highest BCUT2D eigenvalue weighted by Gasteiger charge is 2.22. The number of morpholine rings is 1. The fraction of sp³-hybridized carbons (Fsp3) is 0.650. The first-order chi connectivity index (χ1) is 12.8. The number of guanidine groups is 1. The molecular formula is C20H33N5O. The summed E-state index contributed by atoms with van der Waals surface area (Å²) >= 11 is 0.